The largest absolute Gasteiger partial charge is 0.481 e. The molecule has 1 unspecified atom stereocenters. The first-order valence-corrected chi connectivity index (χ1v) is 10.7. The van der Waals surface area contributed by atoms with Gasteiger partial charge in [-0.15, -0.1) is 0 Å². The molecule has 1 heterocycles. The molecule has 144 valence electrons. The highest BCUT2D eigenvalue weighted by atomic mass is 35.5. The number of halogens is 2. The molecule has 1 aliphatic rings. The molecular weight excluding hydrogens is 411 g/mol. The molecule has 2 aromatic rings. The van der Waals surface area contributed by atoms with E-state index in [2.05, 4.69) is 5.32 Å². The van der Waals surface area contributed by atoms with E-state index in [1.54, 1.807) is 49.4 Å². The SMILES string of the molecule is CC(Oc1ccc(Cl)c(Cl)c1)C(=O)Nc1ccc(N2CCCS2(=O)=O)cc1. The number of carbonyl (C=O) groups is 1. The van der Waals surface area contributed by atoms with Crippen molar-refractivity contribution in [3.63, 3.8) is 0 Å². The standard InChI is InChI=1S/C18H18Cl2N2O4S/c1-12(26-15-7-8-16(19)17(20)11-15)18(23)21-13-3-5-14(6-4-13)22-9-2-10-27(22,24)25/h3-8,11-12H,2,9-10H2,1H3,(H,21,23). The fraction of sp³-hybridized carbons (Fsp3) is 0.278. The average Bonchev–Trinajstić information content (AvgIpc) is 2.98. The summed E-state index contributed by atoms with van der Waals surface area (Å²) in [6.07, 6.45) is -0.148. The van der Waals surface area contributed by atoms with Gasteiger partial charge in [-0.3, -0.25) is 9.10 Å². The van der Waals surface area contributed by atoms with Gasteiger partial charge in [0.15, 0.2) is 6.10 Å². The van der Waals surface area contributed by atoms with E-state index in [-0.39, 0.29) is 11.7 Å². The predicted molar refractivity (Wildman–Crippen MR) is 107 cm³/mol. The number of rotatable bonds is 5. The Kier molecular flexibility index (Phi) is 5.83. The molecule has 0 saturated carbocycles. The van der Waals surface area contributed by atoms with Crippen LogP contribution in [0, 0.1) is 0 Å². The number of hydrogen-bond acceptors (Lipinski definition) is 4. The van der Waals surface area contributed by atoms with E-state index in [1.807, 2.05) is 0 Å². The van der Waals surface area contributed by atoms with E-state index in [9.17, 15) is 13.2 Å². The first-order chi connectivity index (χ1) is 12.8. The predicted octanol–water partition coefficient (Wildman–Crippen LogP) is 3.94. The van der Waals surface area contributed by atoms with Gasteiger partial charge in [0.05, 0.1) is 21.5 Å². The molecule has 0 spiro atoms. The third kappa shape index (κ3) is 4.66. The molecule has 1 N–H and O–H groups in total. The van der Waals surface area contributed by atoms with Gasteiger partial charge in [0.1, 0.15) is 5.75 Å². The molecule has 6 nitrogen and oxygen atoms in total. The zero-order valence-electron chi connectivity index (χ0n) is 14.5. The van der Waals surface area contributed by atoms with Crippen LogP contribution in [0.15, 0.2) is 42.5 Å². The van der Waals surface area contributed by atoms with Crippen molar-refractivity contribution in [3.05, 3.63) is 52.5 Å². The van der Waals surface area contributed by atoms with Gasteiger partial charge in [0.25, 0.3) is 5.91 Å². The molecule has 0 radical (unpaired) electrons. The summed E-state index contributed by atoms with van der Waals surface area (Å²) < 4.78 is 30.9. The van der Waals surface area contributed by atoms with Crippen LogP contribution in [-0.4, -0.2) is 32.7 Å². The second-order valence-corrected chi connectivity index (χ2v) is 8.94. The molecule has 1 atom stereocenters. The van der Waals surface area contributed by atoms with Gasteiger partial charge in [0, 0.05) is 18.3 Å². The van der Waals surface area contributed by atoms with E-state index < -0.39 is 16.1 Å². The highest BCUT2D eigenvalue weighted by molar-refractivity contribution is 7.93. The Morgan fingerprint density at radius 2 is 1.85 bits per heavy atom. The molecule has 1 amide bonds. The summed E-state index contributed by atoms with van der Waals surface area (Å²) in [5.41, 5.74) is 1.13. The molecule has 0 bridgehead atoms. The topological polar surface area (TPSA) is 75.7 Å². The Bertz CT molecular complexity index is 948. The van der Waals surface area contributed by atoms with Gasteiger partial charge in [0.2, 0.25) is 10.0 Å². The fourth-order valence-electron chi connectivity index (χ4n) is 2.69. The molecule has 1 saturated heterocycles. The minimum absolute atomic E-state index is 0.162. The number of anilines is 2. The smallest absolute Gasteiger partial charge is 0.265 e. The van der Waals surface area contributed by atoms with Crippen molar-refractivity contribution in [1.29, 1.82) is 0 Å². The number of benzene rings is 2. The quantitative estimate of drug-likeness (QED) is 0.782. The van der Waals surface area contributed by atoms with Crippen LogP contribution >= 0.6 is 23.2 Å². The lowest BCUT2D eigenvalue weighted by Crippen LogP contribution is -2.30. The molecule has 1 aliphatic heterocycles. The number of ether oxygens (including phenoxy) is 1. The summed E-state index contributed by atoms with van der Waals surface area (Å²) in [6.45, 7) is 2.09. The minimum Gasteiger partial charge on any atom is -0.481 e. The lowest BCUT2D eigenvalue weighted by Gasteiger charge is -2.18. The molecular formula is C18H18Cl2N2O4S. The van der Waals surface area contributed by atoms with Gasteiger partial charge >= 0.3 is 0 Å². The molecule has 27 heavy (non-hydrogen) atoms. The highest BCUT2D eigenvalue weighted by Gasteiger charge is 2.28. The van der Waals surface area contributed by atoms with Gasteiger partial charge in [-0.1, -0.05) is 23.2 Å². The van der Waals surface area contributed by atoms with Crippen LogP contribution in [-0.2, 0) is 14.8 Å². The van der Waals surface area contributed by atoms with E-state index in [0.717, 1.165) is 0 Å². The van der Waals surface area contributed by atoms with E-state index in [1.165, 1.54) is 4.31 Å². The minimum atomic E-state index is -3.22. The zero-order chi connectivity index (χ0) is 19.6. The van der Waals surface area contributed by atoms with Gasteiger partial charge in [-0.2, -0.15) is 0 Å². The van der Waals surface area contributed by atoms with Gasteiger partial charge < -0.3 is 10.1 Å². The molecule has 1 fully saturated rings. The van der Waals surface area contributed by atoms with Crippen LogP contribution < -0.4 is 14.4 Å². The average molecular weight is 429 g/mol. The van der Waals surface area contributed by atoms with Crippen LogP contribution in [0.2, 0.25) is 10.0 Å². The van der Waals surface area contributed by atoms with E-state index in [4.69, 9.17) is 27.9 Å². The molecule has 0 aromatic heterocycles. The Morgan fingerprint density at radius 1 is 1.15 bits per heavy atom. The summed E-state index contributed by atoms with van der Waals surface area (Å²) in [6, 6.07) is 11.4. The number of hydrogen-bond donors (Lipinski definition) is 1. The maximum absolute atomic E-state index is 12.3. The van der Waals surface area contributed by atoms with Crippen molar-refractivity contribution >= 4 is 50.5 Å². The van der Waals surface area contributed by atoms with Crippen molar-refractivity contribution in [2.45, 2.75) is 19.4 Å². The van der Waals surface area contributed by atoms with Crippen molar-refractivity contribution in [3.8, 4) is 5.75 Å². The fourth-order valence-corrected chi connectivity index (χ4v) is 4.54. The van der Waals surface area contributed by atoms with Crippen molar-refractivity contribution in [2.75, 3.05) is 21.9 Å². The number of nitrogens with zero attached hydrogens (tertiary/aromatic N) is 1. The summed E-state index contributed by atoms with van der Waals surface area (Å²) >= 11 is 11.8. The van der Waals surface area contributed by atoms with Crippen LogP contribution in [0.4, 0.5) is 11.4 Å². The maximum Gasteiger partial charge on any atom is 0.265 e. The highest BCUT2D eigenvalue weighted by Crippen LogP contribution is 2.27. The van der Waals surface area contributed by atoms with Crippen LogP contribution in [0.5, 0.6) is 5.75 Å². The lowest BCUT2D eigenvalue weighted by molar-refractivity contribution is -0.122. The summed E-state index contributed by atoms with van der Waals surface area (Å²) in [5, 5.41) is 3.48. The zero-order valence-corrected chi connectivity index (χ0v) is 16.8. The summed E-state index contributed by atoms with van der Waals surface area (Å²) in [4.78, 5) is 12.3. The van der Waals surface area contributed by atoms with Gasteiger partial charge in [-0.05, 0) is 49.7 Å². The maximum atomic E-state index is 12.3. The Hall–Kier alpha value is -1.96. The molecule has 3 rings (SSSR count). The molecule has 9 heteroatoms. The second kappa shape index (κ2) is 7.96. The Morgan fingerprint density at radius 3 is 2.44 bits per heavy atom. The van der Waals surface area contributed by atoms with Crippen LogP contribution in [0.3, 0.4) is 0 Å². The normalized spacial score (nSPS) is 16.8. The summed E-state index contributed by atoms with van der Waals surface area (Å²) in [7, 11) is -3.22. The number of amides is 1. The third-order valence-corrected chi connectivity index (χ3v) is 6.70. The third-order valence-electron chi connectivity index (χ3n) is 4.10. The summed E-state index contributed by atoms with van der Waals surface area (Å²) in [5.74, 6) is 0.249. The second-order valence-electron chi connectivity index (χ2n) is 6.11. The van der Waals surface area contributed by atoms with Crippen molar-refractivity contribution < 1.29 is 17.9 Å². The van der Waals surface area contributed by atoms with Crippen molar-refractivity contribution in [2.24, 2.45) is 0 Å². The molecule has 0 aliphatic carbocycles. The Balaban J connectivity index is 1.62. The monoisotopic (exact) mass is 428 g/mol. The van der Waals surface area contributed by atoms with E-state index >= 15 is 0 Å². The molecule has 2 aromatic carbocycles. The number of sulfonamides is 1. The lowest BCUT2D eigenvalue weighted by atomic mass is 10.2. The number of nitrogens with one attached hydrogen (secondary N) is 1. The van der Waals surface area contributed by atoms with Gasteiger partial charge in [-0.25, -0.2) is 8.42 Å². The Labute approximate surface area is 168 Å². The van der Waals surface area contributed by atoms with Crippen LogP contribution in [0.25, 0.3) is 0 Å². The van der Waals surface area contributed by atoms with E-state index in [0.29, 0.717) is 40.1 Å². The van der Waals surface area contributed by atoms with Crippen LogP contribution in [0.1, 0.15) is 13.3 Å². The van der Waals surface area contributed by atoms with Crippen molar-refractivity contribution in [1.82, 2.24) is 0 Å². The first-order valence-electron chi connectivity index (χ1n) is 8.29. The first kappa shape index (κ1) is 19.8. The number of carbonyl (C=O) groups excluding carboxylic acids is 1.